The standard InChI is InChI=1S/C20H21N3O3S2/c1-14-11-23(12-15(2)26-14)28(24,25)18-7-3-5-16(9-18)19-13-27-20(22-19)17-6-4-8-21-10-17/h3-10,13-15H,11-12H2,1-2H3. The fourth-order valence-electron chi connectivity index (χ4n) is 3.32. The minimum absolute atomic E-state index is 0.123. The summed E-state index contributed by atoms with van der Waals surface area (Å²) in [6.07, 6.45) is 3.24. The molecule has 1 aliphatic heterocycles. The molecule has 0 saturated carbocycles. The van der Waals surface area contributed by atoms with E-state index in [-0.39, 0.29) is 17.1 Å². The molecule has 4 rings (SSSR count). The Balaban J connectivity index is 1.64. The lowest BCUT2D eigenvalue weighted by Gasteiger charge is -2.34. The van der Waals surface area contributed by atoms with Gasteiger partial charge in [0.25, 0.3) is 0 Å². The molecule has 1 aromatic carbocycles. The van der Waals surface area contributed by atoms with Crippen LogP contribution in [0.5, 0.6) is 0 Å². The van der Waals surface area contributed by atoms with E-state index < -0.39 is 10.0 Å². The summed E-state index contributed by atoms with van der Waals surface area (Å²) in [6.45, 7) is 4.51. The molecule has 6 nitrogen and oxygen atoms in total. The van der Waals surface area contributed by atoms with Crippen LogP contribution in [-0.4, -0.2) is 48.0 Å². The van der Waals surface area contributed by atoms with Crippen molar-refractivity contribution in [3.05, 3.63) is 54.2 Å². The highest BCUT2D eigenvalue weighted by molar-refractivity contribution is 7.89. The second kappa shape index (κ2) is 7.71. The Morgan fingerprint density at radius 1 is 1.11 bits per heavy atom. The van der Waals surface area contributed by atoms with E-state index in [1.807, 2.05) is 37.4 Å². The van der Waals surface area contributed by atoms with Crippen LogP contribution in [0.15, 0.2) is 59.1 Å². The summed E-state index contributed by atoms with van der Waals surface area (Å²) in [5.41, 5.74) is 2.48. The van der Waals surface area contributed by atoms with Crippen molar-refractivity contribution in [1.82, 2.24) is 14.3 Å². The Kier molecular flexibility index (Phi) is 5.29. The number of morpholine rings is 1. The van der Waals surface area contributed by atoms with Crippen molar-refractivity contribution in [2.75, 3.05) is 13.1 Å². The number of pyridine rings is 1. The second-order valence-corrected chi connectivity index (χ2v) is 9.68. The largest absolute Gasteiger partial charge is 0.373 e. The van der Waals surface area contributed by atoms with Crippen molar-refractivity contribution in [3.63, 3.8) is 0 Å². The molecule has 0 bridgehead atoms. The molecule has 2 unspecified atom stereocenters. The van der Waals surface area contributed by atoms with Gasteiger partial charge in [-0.1, -0.05) is 12.1 Å². The maximum atomic E-state index is 13.1. The van der Waals surface area contributed by atoms with E-state index in [4.69, 9.17) is 4.74 Å². The zero-order chi connectivity index (χ0) is 19.7. The number of benzene rings is 1. The molecule has 1 saturated heterocycles. The highest BCUT2D eigenvalue weighted by Crippen LogP contribution is 2.30. The molecule has 0 radical (unpaired) electrons. The van der Waals surface area contributed by atoms with E-state index in [0.29, 0.717) is 13.1 Å². The minimum Gasteiger partial charge on any atom is -0.373 e. The van der Waals surface area contributed by atoms with Gasteiger partial charge in [-0.05, 0) is 38.1 Å². The molecule has 0 spiro atoms. The quantitative estimate of drug-likeness (QED) is 0.650. The number of nitrogens with zero attached hydrogens (tertiary/aromatic N) is 3. The number of ether oxygens (including phenoxy) is 1. The summed E-state index contributed by atoms with van der Waals surface area (Å²) in [6, 6.07) is 10.8. The smallest absolute Gasteiger partial charge is 0.243 e. The van der Waals surface area contributed by atoms with E-state index in [0.717, 1.165) is 21.8 Å². The summed E-state index contributed by atoms with van der Waals surface area (Å²) < 4.78 is 33.4. The molecule has 1 aliphatic rings. The van der Waals surface area contributed by atoms with Crippen LogP contribution in [0.3, 0.4) is 0 Å². The van der Waals surface area contributed by atoms with Crippen molar-refractivity contribution in [1.29, 1.82) is 0 Å². The van der Waals surface area contributed by atoms with Gasteiger partial charge < -0.3 is 4.74 Å². The summed E-state index contributed by atoms with van der Waals surface area (Å²) in [5, 5.41) is 2.79. The van der Waals surface area contributed by atoms with Gasteiger partial charge in [0.1, 0.15) is 5.01 Å². The number of hydrogen-bond donors (Lipinski definition) is 0. The van der Waals surface area contributed by atoms with Gasteiger partial charge >= 0.3 is 0 Å². The zero-order valence-corrected chi connectivity index (χ0v) is 17.3. The first-order valence-electron chi connectivity index (χ1n) is 9.05. The molecule has 3 aromatic rings. The van der Waals surface area contributed by atoms with Crippen molar-refractivity contribution in [2.45, 2.75) is 31.0 Å². The molecule has 0 aliphatic carbocycles. The van der Waals surface area contributed by atoms with Crippen LogP contribution >= 0.6 is 11.3 Å². The molecule has 28 heavy (non-hydrogen) atoms. The van der Waals surface area contributed by atoms with E-state index in [1.165, 1.54) is 15.6 Å². The Morgan fingerprint density at radius 2 is 1.86 bits per heavy atom. The van der Waals surface area contributed by atoms with Gasteiger partial charge in [-0.15, -0.1) is 11.3 Å². The van der Waals surface area contributed by atoms with Gasteiger partial charge in [0.05, 0.1) is 22.8 Å². The van der Waals surface area contributed by atoms with Crippen LogP contribution in [0.25, 0.3) is 21.8 Å². The fourth-order valence-corrected chi connectivity index (χ4v) is 5.78. The Labute approximate surface area is 168 Å². The van der Waals surface area contributed by atoms with Crippen LogP contribution in [0, 0.1) is 0 Å². The number of rotatable bonds is 4. The molecule has 3 heterocycles. The first kappa shape index (κ1) is 19.2. The monoisotopic (exact) mass is 415 g/mol. The van der Waals surface area contributed by atoms with Crippen LogP contribution in [0.4, 0.5) is 0 Å². The SMILES string of the molecule is CC1CN(S(=O)(=O)c2cccc(-c3csc(-c4cccnc4)n3)c2)CC(C)O1. The Morgan fingerprint density at radius 3 is 2.57 bits per heavy atom. The van der Waals surface area contributed by atoms with Crippen molar-refractivity contribution in [2.24, 2.45) is 0 Å². The number of sulfonamides is 1. The number of hydrogen-bond acceptors (Lipinski definition) is 6. The van der Waals surface area contributed by atoms with Gasteiger partial charge in [0.15, 0.2) is 0 Å². The second-order valence-electron chi connectivity index (χ2n) is 6.89. The molecule has 1 fully saturated rings. The molecule has 0 N–H and O–H groups in total. The van der Waals surface area contributed by atoms with Crippen LogP contribution < -0.4 is 0 Å². The van der Waals surface area contributed by atoms with Gasteiger partial charge in [0, 0.05) is 42.0 Å². The highest BCUT2D eigenvalue weighted by Gasteiger charge is 2.32. The third-order valence-corrected chi connectivity index (χ3v) is 7.29. The lowest BCUT2D eigenvalue weighted by Crippen LogP contribution is -2.48. The first-order valence-corrected chi connectivity index (χ1v) is 11.4. The minimum atomic E-state index is -3.58. The lowest BCUT2D eigenvalue weighted by molar-refractivity contribution is -0.0440. The third kappa shape index (κ3) is 3.86. The predicted octanol–water partition coefficient (Wildman–Crippen LogP) is 3.67. The summed E-state index contributed by atoms with van der Waals surface area (Å²) in [7, 11) is -3.58. The fraction of sp³-hybridized carbons (Fsp3) is 0.300. The average molecular weight is 416 g/mol. The molecule has 2 atom stereocenters. The van der Waals surface area contributed by atoms with E-state index in [1.54, 1.807) is 30.6 Å². The highest BCUT2D eigenvalue weighted by atomic mass is 32.2. The lowest BCUT2D eigenvalue weighted by atomic mass is 10.2. The normalized spacial score (nSPS) is 20.9. The molecular formula is C20H21N3O3S2. The average Bonchev–Trinajstić information content (AvgIpc) is 3.18. The van der Waals surface area contributed by atoms with Gasteiger partial charge in [-0.3, -0.25) is 4.98 Å². The maximum Gasteiger partial charge on any atom is 0.243 e. The van der Waals surface area contributed by atoms with E-state index >= 15 is 0 Å². The van der Waals surface area contributed by atoms with E-state index in [2.05, 4.69) is 9.97 Å². The molecule has 8 heteroatoms. The first-order chi connectivity index (χ1) is 13.4. The van der Waals surface area contributed by atoms with Gasteiger partial charge in [0.2, 0.25) is 10.0 Å². The van der Waals surface area contributed by atoms with E-state index in [9.17, 15) is 8.42 Å². The molecule has 146 valence electrons. The number of thiazole rings is 1. The predicted molar refractivity (Wildman–Crippen MR) is 110 cm³/mol. The Hall–Kier alpha value is -2.13. The van der Waals surface area contributed by atoms with Gasteiger partial charge in [-0.2, -0.15) is 4.31 Å². The summed E-state index contributed by atoms with van der Waals surface area (Å²) in [5.74, 6) is 0. The Bertz CT molecular complexity index is 1060. The summed E-state index contributed by atoms with van der Waals surface area (Å²) in [4.78, 5) is 9.07. The van der Waals surface area contributed by atoms with Crippen molar-refractivity contribution in [3.8, 4) is 21.8 Å². The molecular weight excluding hydrogens is 394 g/mol. The van der Waals surface area contributed by atoms with Gasteiger partial charge in [-0.25, -0.2) is 13.4 Å². The maximum absolute atomic E-state index is 13.1. The number of aromatic nitrogens is 2. The third-order valence-electron chi connectivity index (χ3n) is 4.57. The van der Waals surface area contributed by atoms with Crippen molar-refractivity contribution < 1.29 is 13.2 Å². The summed E-state index contributed by atoms with van der Waals surface area (Å²) >= 11 is 1.51. The van der Waals surface area contributed by atoms with Crippen LogP contribution in [0.2, 0.25) is 0 Å². The molecule has 0 amide bonds. The van der Waals surface area contributed by atoms with Crippen LogP contribution in [-0.2, 0) is 14.8 Å². The molecule has 2 aromatic heterocycles. The zero-order valence-electron chi connectivity index (χ0n) is 15.6. The van der Waals surface area contributed by atoms with Crippen molar-refractivity contribution >= 4 is 21.4 Å². The van der Waals surface area contributed by atoms with Crippen LogP contribution in [0.1, 0.15) is 13.8 Å². The topological polar surface area (TPSA) is 72.4 Å².